The zero-order valence-electron chi connectivity index (χ0n) is 31.6. The number of allylic oxidation sites excluding steroid dienone is 8. The van der Waals surface area contributed by atoms with Gasteiger partial charge in [0, 0.05) is 12.8 Å². The molecule has 2 nitrogen and oxygen atoms in total. The molecular weight excluding hydrogens is 572 g/mol. The normalized spacial score (nSPS) is 25.1. The van der Waals surface area contributed by atoms with Gasteiger partial charge in [-0.2, -0.15) is 0 Å². The lowest BCUT2D eigenvalue weighted by molar-refractivity contribution is -0.196. The molecule has 3 aliphatic rings. The minimum absolute atomic E-state index is 0.277. The molecule has 270 valence electrons. The Hall–Kier alpha value is -1.12. The van der Waals surface area contributed by atoms with E-state index in [4.69, 9.17) is 9.47 Å². The molecular formula is C45H78O2. The molecule has 0 N–H and O–H groups in total. The van der Waals surface area contributed by atoms with E-state index in [0.717, 1.165) is 43.4 Å². The van der Waals surface area contributed by atoms with Crippen LogP contribution in [0.5, 0.6) is 0 Å². The van der Waals surface area contributed by atoms with Crippen LogP contribution in [0.2, 0.25) is 0 Å². The summed E-state index contributed by atoms with van der Waals surface area (Å²) in [7, 11) is 0. The van der Waals surface area contributed by atoms with E-state index in [2.05, 4.69) is 69.4 Å². The fourth-order valence-corrected chi connectivity index (χ4v) is 8.54. The van der Waals surface area contributed by atoms with E-state index >= 15 is 0 Å². The minimum Gasteiger partial charge on any atom is -0.344 e. The van der Waals surface area contributed by atoms with Crippen LogP contribution >= 0.6 is 0 Å². The van der Waals surface area contributed by atoms with E-state index in [9.17, 15) is 0 Å². The van der Waals surface area contributed by atoms with Crippen LogP contribution in [0.3, 0.4) is 0 Å². The molecule has 47 heavy (non-hydrogen) atoms. The third kappa shape index (κ3) is 16.4. The highest BCUT2D eigenvalue weighted by Crippen LogP contribution is 2.57. The standard InChI is InChI=1S/C45H78O2/c1-4-6-8-10-12-14-16-18-20-22-24-26-28-30-32-34-36-45(46-43-41-38-40(3)42(39-41)44(43)47-45)37-35-33-31-29-27-25-23-21-19-17-15-13-11-9-7-5-2/h12-15,18-21,40-44H,4-11,16-17,22-39H2,1-3H3/b14-12-,15-13-,20-18-,21-19-/t40-,41?,42?,43?,44?/m1/s1. The smallest absolute Gasteiger partial charge is 0.169 e. The molecule has 2 bridgehead atoms. The van der Waals surface area contributed by atoms with E-state index in [1.807, 2.05) is 0 Å². The molecule has 2 heteroatoms. The van der Waals surface area contributed by atoms with Crippen molar-refractivity contribution in [1.82, 2.24) is 0 Å². The van der Waals surface area contributed by atoms with Gasteiger partial charge in [-0.15, -0.1) is 0 Å². The first-order valence-corrected chi connectivity index (χ1v) is 21.1. The number of hydrogen-bond donors (Lipinski definition) is 0. The molecule has 1 saturated heterocycles. The molecule has 3 rings (SSSR count). The average Bonchev–Trinajstić information content (AvgIpc) is 3.74. The van der Waals surface area contributed by atoms with Gasteiger partial charge >= 0.3 is 0 Å². The van der Waals surface area contributed by atoms with Crippen molar-refractivity contribution in [1.29, 1.82) is 0 Å². The van der Waals surface area contributed by atoms with Crippen LogP contribution in [0, 0.1) is 17.8 Å². The van der Waals surface area contributed by atoms with Crippen LogP contribution in [-0.2, 0) is 9.47 Å². The predicted molar refractivity (Wildman–Crippen MR) is 206 cm³/mol. The van der Waals surface area contributed by atoms with E-state index in [1.165, 1.54) is 154 Å². The van der Waals surface area contributed by atoms with E-state index in [-0.39, 0.29) is 5.79 Å². The lowest BCUT2D eigenvalue weighted by atomic mass is 9.86. The summed E-state index contributed by atoms with van der Waals surface area (Å²) in [6, 6.07) is 0. The molecule has 0 spiro atoms. The number of ether oxygens (including phenoxy) is 2. The van der Waals surface area contributed by atoms with E-state index in [1.54, 1.807) is 0 Å². The highest BCUT2D eigenvalue weighted by molar-refractivity contribution is 5.06. The summed E-state index contributed by atoms with van der Waals surface area (Å²) in [5.41, 5.74) is 0. The number of hydrogen-bond acceptors (Lipinski definition) is 2. The van der Waals surface area contributed by atoms with Gasteiger partial charge in [0.25, 0.3) is 0 Å². The summed E-state index contributed by atoms with van der Waals surface area (Å²) in [4.78, 5) is 0. The van der Waals surface area contributed by atoms with Crippen LogP contribution in [0.1, 0.15) is 201 Å². The highest BCUT2D eigenvalue weighted by Gasteiger charge is 2.60. The van der Waals surface area contributed by atoms with Crippen molar-refractivity contribution in [2.45, 2.75) is 219 Å². The molecule has 0 aromatic heterocycles. The van der Waals surface area contributed by atoms with Crippen LogP contribution in [-0.4, -0.2) is 18.0 Å². The van der Waals surface area contributed by atoms with Crippen molar-refractivity contribution in [3.8, 4) is 0 Å². The third-order valence-corrected chi connectivity index (χ3v) is 11.4. The summed E-state index contributed by atoms with van der Waals surface area (Å²) < 4.78 is 13.9. The van der Waals surface area contributed by atoms with Gasteiger partial charge in [0.1, 0.15) is 0 Å². The predicted octanol–water partition coefficient (Wildman–Crippen LogP) is 14.5. The molecule has 1 heterocycles. The van der Waals surface area contributed by atoms with Crippen LogP contribution in [0.15, 0.2) is 48.6 Å². The number of rotatable bonds is 30. The van der Waals surface area contributed by atoms with Gasteiger partial charge in [-0.25, -0.2) is 0 Å². The quantitative estimate of drug-likeness (QED) is 0.0569. The maximum atomic E-state index is 6.98. The number of unbranched alkanes of at least 4 members (excludes halogenated alkanes) is 18. The van der Waals surface area contributed by atoms with Crippen molar-refractivity contribution < 1.29 is 9.47 Å². The first-order valence-electron chi connectivity index (χ1n) is 21.1. The maximum Gasteiger partial charge on any atom is 0.169 e. The molecule has 0 aromatic carbocycles. The van der Waals surface area contributed by atoms with E-state index in [0.29, 0.717) is 12.2 Å². The Morgan fingerprint density at radius 3 is 1.34 bits per heavy atom. The molecule has 4 unspecified atom stereocenters. The average molecular weight is 651 g/mol. The highest BCUT2D eigenvalue weighted by atomic mass is 16.8. The first kappa shape index (κ1) is 40.3. The topological polar surface area (TPSA) is 18.5 Å². The molecule has 2 aliphatic carbocycles. The molecule has 0 amide bonds. The second-order valence-electron chi connectivity index (χ2n) is 15.6. The van der Waals surface area contributed by atoms with Crippen LogP contribution in [0.25, 0.3) is 0 Å². The van der Waals surface area contributed by atoms with Crippen LogP contribution < -0.4 is 0 Å². The van der Waals surface area contributed by atoms with Gasteiger partial charge in [0.15, 0.2) is 5.79 Å². The van der Waals surface area contributed by atoms with Crippen molar-refractivity contribution in [3.63, 3.8) is 0 Å². The fraction of sp³-hybridized carbons (Fsp3) is 0.822. The monoisotopic (exact) mass is 651 g/mol. The van der Waals surface area contributed by atoms with Gasteiger partial charge < -0.3 is 9.47 Å². The molecule has 5 atom stereocenters. The first-order chi connectivity index (χ1) is 23.2. The lowest BCUT2D eigenvalue weighted by Gasteiger charge is -2.30. The summed E-state index contributed by atoms with van der Waals surface area (Å²) in [6.07, 6.45) is 55.9. The van der Waals surface area contributed by atoms with Crippen LogP contribution in [0.4, 0.5) is 0 Å². The van der Waals surface area contributed by atoms with Gasteiger partial charge in [0.05, 0.1) is 12.2 Å². The molecule has 2 saturated carbocycles. The maximum absolute atomic E-state index is 6.98. The van der Waals surface area contributed by atoms with Crippen molar-refractivity contribution >= 4 is 0 Å². The van der Waals surface area contributed by atoms with Gasteiger partial charge in [-0.3, -0.25) is 0 Å². The lowest BCUT2D eigenvalue weighted by Crippen LogP contribution is -2.33. The minimum atomic E-state index is -0.277. The van der Waals surface area contributed by atoms with Crippen molar-refractivity contribution in [2.75, 3.05) is 0 Å². The zero-order valence-corrected chi connectivity index (χ0v) is 31.6. The Kier molecular flexibility index (Phi) is 22.1. The summed E-state index contributed by atoms with van der Waals surface area (Å²) in [6.45, 7) is 7.00. The van der Waals surface area contributed by atoms with E-state index < -0.39 is 0 Å². The zero-order chi connectivity index (χ0) is 33.3. The second kappa shape index (κ2) is 25.8. The van der Waals surface area contributed by atoms with Gasteiger partial charge in [-0.1, -0.05) is 146 Å². The third-order valence-electron chi connectivity index (χ3n) is 11.4. The molecule has 3 fully saturated rings. The summed E-state index contributed by atoms with van der Waals surface area (Å²) in [5, 5.41) is 0. The SMILES string of the molecule is CCCCC/C=C\C/C=C\CCCCCCCCC1(CCCCCCCC/C=C\C/C=C\CCCCC)OC2C3CC(C2O1)[C@H](C)C3. The largest absolute Gasteiger partial charge is 0.344 e. The van der Waals surface area contributed by atoms with Gasteiger partial charge in [-0.05, 0) is 108 Å². The molecule has 0 radical (unpaired) electrons. The van der Waals surface area contributed by atoms with Crippen molar-refractivity contribution in [2.24, 2.45) is 17.8 Å². The Labute approximate surface area is 293 Å². The Balaban J connectivity index is 1.23. The molecule has 0 aromatic rings. The Bertz CT molecular complexity index is 819. The Morgan fingerprint density at radius 2 is 0.872 bits per heavy atom. The van der Waals surface area contributed by atoms with Crippen molar-refractivity contribution in [3.05, 3.63) is 48.6 Å². The summed E-state index contributed by atoms with van der Waals surface area (Å²) >= 11 is 0. The molecule has 1 aliphatic heterocycles. The Morgan fingerprint density at radius 1 is 0.468 bits per heavy atom. The fourth-order valence-electron chi connectivity index (χ4n) is 8.54. The second-order valence-corrected chi connectivity index (χ2v) is 15.6. The summed E-state index contributed by atoms with van der Waals surface area (Å²) in [5.74, 6) is 2.05. The van der Waals surface area contributed by atoms with Gasteiger partial charge in [0.2, 0.25) is 0 Å². The number of fused-ring (bicyclic) bond motifs is 5.